The summed E-state index contributed by atoms with van der Waals surface area (Å²) in [7, 11) is 1.58. The summed E-state index contributed by atoms with van der Waals surface area (Å²) in [5.74, 6) is 1.21. The number of amides is 1. The standard InChI is InChI=1S/C11H13NO3S/c1-14-8-2-4-9(5-3-8)15-10(13)12-11(16)6-7-11/h2-5,16H,6-7H2,1H3,(H,12,13). The largest absolute Gasteiger partial charge is 0.497 e. The molecule has 1 aliphatic carbocycles. The third-order valence-corrected chi connectivity index (χ3v) is 2.89. The summed E-state index contributed by atoms with van der Waals surface area (Å²) in [5, 5.41) is 2.68. The summed E-state index contributed by atoms with van der Waals surface area (Å²) in [6, 6.07) is 6.82. The molecule has 0 bridgehead atoms. The minimum Gasteiger partial charge on any atom is -0.497 e. The van der Waals surface area contributed by atoms with Crippen molar-refractivity contribution in [1.29, 1.82) is 0 Å². The lowest BCUT2D eigenvalue weighted by Crippen LogP contribution is -2.34. The zero-order chi connectivity index (χ0) is 11.6. The third kappa shape index (κ3) is 2.82. The molecule has 0 atom stereocenters. The summed E-state index contributed by atoms with van der Waals surface area (Å²) in [5.41, 5.74) is 0. The van der Waals surface area contributed by atoms with Crippen LogP contribution in [0.1, 0.15) is 12.8 Å². The predicted octanol–water partition coefficient (Wildman–Crippen LogP) is 2.20. The summed E-state index contributed by atoms with van der Waals surface area (Å²) in [6.45, 7) is 0. The minimum atomic E-state index is -0.474. The van der Waals surface area contributed by atoms with Gasteiger partial charge in [-0.25, -0.2) is 4.79 Å². The van der Waals surface area contributed by atoms with Gasteiger partial charge in [0.1, 0.15) is 11.5 Å². The van der Waals surface area contributed by atoms with E-state index in [1.165, 1.54) is 0 Å². The van der Waals surface area contributed by atoms with Gasteiger partial charge in [-0.05, 0) is 37.1 Å². The first-order chi connectivity index (χ1) is 7.61. The molecule has 0 aromatic heterocycles. The number of carbonyl (C=O) groups excluding carboxylic acids is 1. The Morgan fingerprint density at radius 3 is 2.38 bits per heavy atom. The summed E-state index contributed by atoms with van der Waals surface area (Å²) in [4.78, 5) is 11.1. The van der Waals surface area contributed by atoms with Crippen LogP contribution in [0.2, 0.25) is 0 Å². The molecule has 2 rings (SSSR count). The molecule has 0 saturated heterocycles. The second-order valence-corrected chi connectivity index (χ2v) is 4.58. The van der Waals surface area contributed by atoms with Gasteiger partial charge < -0.3 is 14.8 Å². The first-order valence-electron chi connectivity index (χ1n) is 4.98. The third-order valence-electron chi connectivity index (χ3n) is 2.33. The van der Waals surface area contributed by atoms with E-state index in [-0.39, 0.29) is 4.87 Å². The van der Waals surface area contributed by atoms with E-state index in [0.717, 1.165) is 18.6 Å². The van der Waals surface area contributed by atoms with E-state index in [9.17, 15) is 4.79 Å². The van der Waals surface area contributed by atoms with Crippen molar-refractivity contribution in [3.8, 4) is 11.5 Å². The van der Waals surface area contributed by atoms with Gasteiger partial charge in [-0.3, -0.25) is 0 Å². The van der Waals surface area contributed by atoms with Gasteiger partial charge in [-0.2, -0.15) is 12.6 Å². The van der Waals surface area contributed by atoms with Gasteiger partial charge in [0.05, 0.1) is 12.0 Å². The van der Waals surface area contributed by atoms with Crippen molar-refractivity contribution < 1.29 is 14.3 Å². The van der Waals surface area contributed by atoms with Crippen molar-refractivity contribution in [2.24, 2.45) is 0 Å². The van der Waals surface area contributed by atoms with E-state index in [4.69, 9.17) is 9.47 Å². The number of thiol groups is 1. The van der Waals surface area contributed by atoms with Crippen LogP contribution in [0.4, 0.5) is 4.79 Å². The van der Waals surface area contributed by atoms with Gasteiger partial charge in [0, 0.05) is 0 Å². The van der Waals surface area contributed by atoms with E-state index in [2.05, 4.69) is 17.9 Å². The van der Waals surface area contributed by atoms with Crippen LogP contribution in [0.5, 0.6) is 11.5 Å². The maximum Gasteiger partial charge on any atom is 0.413 e. The Morgan fingerprint density at radius 2 is 1.88 bits per heavy atom. The zero-order valence-electron chi connectivity index (χ0n) is 8.90. The molecule has 1 aliphatic rings. The fourth-order valence-electron chi connectivity index (χ4n) is 1.21. The molecule has 86 valence electrons. The quantitative estimate of drug-likeness (QED) is 0.628. The number of carbonyl (C=O) groups is 1. The molecular formula is C11H13NO3S. The Bertz CT molecular complexity index is 387. The van der Waals surface area contributed by atoms with E-state index < -0.39 is 6.09 Å². The van der Waals surface area contributed by atoms with Crippen LogP contribution >= 0.6 is 12.6 Å². The number of rotatable bonds is 3. The second-order valence-electron chi connectivity index (χ2n) is 3.72. The number of hydrogen-bond acceptors (Lipinski definition) is 4. The lowest BCUT2D eigenvalue weighted by molar-refractivity contribution is 0.199. The molecule has 0 radical (unpaired) electrons. The molecule has 0 unspecified atom stereocenters. The molecule has 1 saturated carbocycles. The Kier molecular flexibility index (Phi) is 2.96. The Morgan fingerprint density at radius 1 is 1.31 bits per heavy atom. The van der Waals surface area contributed by atoms with Gasteiger partial charge in [-0.15, -0.1) is 0 Å². The fraction of sp³-hybridized carbons (Fsp3) is 0.364. The number of methoxy groups -OCH3 is 1. The molecule has 1 fully saturated rings. The molecule has 0 spiro atoms. The van der Waals surface area contributed by atoms with Gasteiger partial charge in [0.2, 0.25) is 0 Å². The molecule has 1 N–H and O–H groups in total. The van der Waals surface area contributed by atoms with Gasteiger partial charge in [-0.1, -0.05) is 0 Å². The van der Waals surface area contributed by atoms with Crippen molar-refractivity contribution in [3.05, 3.63) is 24.3 Å². The average molecular weight is 239 g/mol. The maximum atomic E-state index is 11.4. The van der Waals surface area contributed by atoms with Crippen LogP contribution in [0.15, 0.2) is 24.3 Å². The van der Waals surface area contributed by atoms with Gasteiger partial charge in [0.15, 0.2) is 0 Å². The summed E-state index contributed by atoms with van der Waals surface area (Å²) in [6.07, 6.45) is 1.29. The molecule has 16 heavy (non-hydrogen) atoms. The number of nitrogens with one attached hydrogen (secondary N) is 1. The Balaban J connectivity index is 1.90. The molecular weight excluding hydrogens is 226 g/mol. The molecule has 1 amide bonds. The Hall–Kier alpha value is -1.36. The van der Waals surface area contributed by atoms with Gasteiger partial charge >= 0.3 is 6.09 Å². The predicted molar refractivity (Wildman–Crippen MR) is 63.1 cm³/mol. The van der Waals surface area contributed by atoms with Crippen LogP contribution < -0.4 is 14.8 Å². The smallest absolute Gasteiger partial charge is 0.413 e. The second kappa shape index (κ2) is 4.25. The first kappa shape index (κ1) is 11.1. The van der Waals surface area contributed by atoms with Crippen LogP contribution in [0, 0.1) is 0 Å². The highest BCUT2D eigenvalue weighted by Gasteiger charge is 2.40. The van der Waals surface area contributed by atoms with Crippen molar-refractivity contribution in [2.45, 2.75) is 17.7 Å². The summed E-state index contributed by atoms with van der Waals surface area (Å²) >= 11 is 4.27. The minimum absolute atomic E-state index is 0.358. The highest BCUT2D eigenvalue weighted by atomic mass is 32.1. The van der Waals surface area contributed by atoms with E-state index in [0.29, 0.717) is 5.75 Å². The first-order valence-corrected chi connectivity index (χ1v) is 5.42. The van der Waals surface area contributed by atoms with Crippen LogP contribution in [-0.4, -0.2) is 18.1 Å². The normalized spacial score (nSPS) is 16.4. The van der Waals surface area contributed by atoms with Crippen molar-refractivity contribution in [1.82, 2.24) is 5.32 Å². The van der Waals surface area contributed by atoms with Crippen LogP contribution in [0.3, 0.4) is 0 Å². The highest BCUT2D eigenvalue weighted by molar-refractivity contribution is 7.82. The number of benzene rings is 1. The fourth-order valence-corrected chi connectivity index (χ4v) is 1.41. The van der Waals surface area contributed by atoms with E-state index in [1.54, 1.807) is 31.4 Å². The van der Waals surface area contributed by atoms with E-state index in [1.807, 2.05) is 0 Å². The van der Waals surface area contributed by atoms with Crippen molar-refractivity contribution in [2.75, 3.05) is 7.11 Å². The molecule has 5 heteroatoms. The molecule has 1 aromatic rings. The van der Waals surface area contributed by atoms with Crippen molar-refractivity contribution >= 4 is 18.7 Å². The molecule has 4 nitrogen and oxygen atoms in total. The highest BCUT2D eigenvalue weighted by Crippen LogP contribution is 2.38. The monoisotopic (exact) mass is 239 g/mol. The van der Waals surface area contributed by atoms with E-state index >= 15 is 0 Å². The maximum absolute atomic E-state index is 11.4. The Labute approximate surface area is 99.3 Å². The molecule has 1 aromatic carbocycles. The zero-order valence-corrected chi connectivity index (χ0v) is 9.79. The lowest BCUT2D eigenvalue weighted by atomic mass is 10.3. The molecule has 0 aliphatic heterocycles. The molecule has 0 heterocycles. The topological polar surface area (TPSA) is 47.6 Å². The summed E-state index contributed by atoms with van der Waals surface area (Å²) < 4.78 is 10.1. The number of ether oxygens (including phenoxy) is 2. The van der Waals surface area contributed by atoms with Crippen LogP contribution in [-0.2, 0) is 0 Å². The van der Waals surface area contributed by atoms with Crippen LogP contribution in [0.25, 0.3) is 0 Å². The van der Waals surface area contributed by atoms with Crippen molar-refractivity contribution in [3.63, 3.8) is 0 Å². The SMILES string of the molecule is COc1ccc(OC(=O)NC2(S)CC2)cc1. The van der Waals surface area contributed by atoms with Gasteiger partial charge in [0.25, 0.3) is 0 Å². The lowest BCUT2D eigenvalue weighted by Gasteiger charge is -2.10. The number of hydrogen-bond donors (Lipinski definition) is 2. The average Bonchev–Trinajstić information content (AvgIpc) is 2.96.